The zero-order chi connectivity index (χ0) is 24.2. The number of pyridine rings is 1. The minimum absolute atomic E-state index is 0.0790. The number of phenols is 1. The van der Waals surface area contributed by atoms with Crippen LogP contribution in [0.2, 0.25) is 0 Å². The quantitative estimate of drug-likeness (QED) is 0.529. The highest BCUT2D eigenvalue weighted by molar-refractivity contribution is 5.97. The predicted octanol–water partition coefficient (Wildman–Crippen LogP) is 4.20. The van der Waals surface area contributed by atoms with Gasteiger partial charge in [-0.1, -0.05) is 6.92 Å². The lowest BCUT2D eigenvalue weighted by atomic mass is 9.81. The SMILES string of the molecule is C[C@H](F)C[C@@](C)(CNc1ccc(-c2ccc(O)c(C(=O)N(C)C)c2)nn1)c1ncccc1F. The third-order valence-corrected chi connectivity index (χ3v) is 5.32. The molecule has 0 saturated heterocycles. The molecule has 0 aliphatic rings. The van der Waals surface area contributed by atoms with E-state index in [0.717, 1.165) is 0 Å². The van der Waals surface area contributed by atoms with Gasteiger partial charge in [0.2, 0.25) is 0 Å². The van der Waals surface area contributed by atoms with E-state index in [1.54, 1.807) is 45.3 Å². The number of nitrogens with zero attached hydrogens (tertiary/aromatic N) is 4. The van der Waals surface area contributed by atoms with Crippen LogP contribution in [-0.4, -0.2) is 57.9 Å². The lowest BCUT2D eigenvalue weighted by Crippen LogP contribution is -2.35. The van der Waals surface area contributed by atoms with Crippen molar-refractivity contribution in [1.82, 2.24) is 20.1 Å². The van der Waals surface area contributed by atoms with Crippen molar-refractivity contribution < 1.29 is 18.7 Å². The van der Waals surface area contributed by atoms with Gasteiger partial charge in [-0.25, -0.2) is 8.78 Å². The van der Waals surface area contributed by atoms with E-state index >= 15 is 0 Å². The normalized spacial score (nSPS) is 13.8. The van der Waals surface area contributed by atoms with E-state index in [0.29, 0.717) is 17.1 Å². The Hall–Kier alpha value is -3.62. The maximum atomic E-state index is 14.4. The number of rotatable bonds is 8. The monoisotopic (exact) mass is 455 g/mol. The van der Waals surface area contributed by atoms with Crippen molar-refractivity contribution in [2.45, 2.75) is 31.9 Å². The molecule has 2 N–H and O–H groups in total. The van der Waals surface area contributed by atoms with Crippen LogP contribution in [0.4, 0.5) is 14.6 Å². The van der Waals surface area contributed by atoms with Crippen molar-refractivity contribution in [2.75, 3.05) is 26.0 Å². The number of aromatic nitrogens is 3. The number of nitrogens with one attached hydrogen (secondary N) is 1. The molecule has 3 aromatic rings. The molecule has 9 heteroatoms. The van der Waals surface area contributed by atoms with E-state index in [1.165, 1.54) is 36.2 Å². The van der Waals surface area contributed by atoms with Crippen LogP contribution >= 0.6 is 0 Å². The molecule has 0 aliphatic carbocycles. The molecule has 1 amide bonds. The fourth-order valence-electron chi connectivity index (χ4n) is 3.68. The molecule has 0 spiro atoms. The van der Waals surface area contributed by atoms with Crippen LogP contribution in [0.5, 0.6) is 5.75 Å². The Morgan fingerprint density at radius 1 is 1.21 bits per heavy atom. The fourth-order valence-corrected chi connectivity index (χ4v) is 3.68. The van der Waals surface area contributed by atoms with Crippen molar-refractivity contribution in [2.24, 2.45) is 0 Å². The topological polar surface area (TPSA) is 91.2 Å². The highest BCUT2D eigenvalue weighted by atomic mass is 19.1. The highest BCUT2D eigenvalue weighted by Gasteiger charge is 2.33. The Labute approximate surface area is 191 Å². The number of carbonyl (C=O) groups is 1. The highest BCUT2D eigenvalue weighted by Crippen LogP contribution is 2.31. The molecule has 2 atom stereocenters. The Balaban J connectivity index is 1.80. The maximum Gasteiger partial charge on any atom is 0.257 e. The Kier molecular flexibility index (Phi) is 7.20. The van der Waals surface area contributed by atoms with Crippen molar-refractivity contribution in [1.29, 1.82) is 0 Å². The zero-order valence-electron chi connectivity index (χ0n) is 19.0. The van der Waals surface area contributed by atoms with Crippen LogP contribution in [-0.2, 0) is 5.41 Å². The molecular formula is C24H27F2N5O2. The van der Waals surface area contributed by atoms with E-state index in [9.17, 15) is 18.7 Å². The van der Waals surface area contributed by atoms with E-state index in [2.05, 4.69) is 20.5 Å². The summed E-state index contributed by atoms with van der Waals surface area (Å²) in [5.41, 5.74) is 0.565. The van der Waals surface area contributed by atoms with Crippen LogP contribution in [0.15, 0.2) is 48.7 Å². The van der Waals surface area contributed by atoms with Gasteiger partial charge < -0.3 is 15.3 Å². The fraction of sp³-hybridized carbons (Fsp3) is 0.333. The standard InChI is InChI=1S/C24H27F2N5O2/c1-15(25)13-24(2,22-18(26)6-5-11-27-22)14-28-21-10-8-19(29-30-21)16-7-9-20(32)17(12-16)23(33)31(3)4/h5-12,15,32H,13-14H2,1-4H3,(H,28,30)/t15-,24-/m0/s1. The molecule has 0 aliphatic heterocycles. The van der Waals surface area contributed by atoms with Gasteiger partial charge in [-0.2, -0.15) is 0 Å². The van der Waals surface area contributed by atoms with E-state index in [1.807, 2.05) is 0 Å². The summed E-state index contributed by atoms with van der Waals surface area (Å²) in [6.45, 7) is 3.38. The smallest absolute Gasteiger partial charge is 0.257 e. The van der Waals surface area contributed by atoms with E-state index in [4.69, 9.17) is 0 Å². The van der Waals surface area contributed by atoms with Crippen LogP contribution in [0.1, 0.15) is 36.3 Å². The summed E-state index contributed by atoms with van der Waals surface area (Å²) >= 11 is 0. The first-order valence-electron chi connectivity index (χ1n) is 10.5. The second kappa shape index (κ2) is 9.89. The molecule has 2 aromatic heterocycles. The number of hydrogen-bond acceptors (Lipinski definition) is 6. The van der Waals surface area contributed by atoms with Crippen LogP contribution in [0.3, 0.4) is 0 Å². The van der Waals surface area contributed by atoms with Crippen LogP contribution in [0.25, 0.3) is 11.3 Å². The average Bonchev–Trinajstić information content (AvgIpc) is 2.78. The first-order valence-corrected chi connectivity index (χ1v) is 10.5. The molecule has 1 aromatic carbocycles. The number of carbonyl (C=O) groups excluding carboxylic acids is 1. The van der Waals surface area contributed by atoms with Gasteiger partial charge in [-0.05, 0) is 55.8 Å². The second-order valence-corrected chi connectivity index (χ2v) is 8.47. The van der Waals surface area contributed by atoms with Gasteiger partial charge >= 0.3 is 0 Å². The number of anilines is 1. The Morgan fingerprint density at radius 2 is 1.97 bits per heavy atom. The van der Waals surface area contributed by atoms with Crippen LogP contribution < -0.4 is 5.32 Å². The zero-order valence-corrected chi connectivity index (χ0v) is 19.0. The summed E-state index contributed by atoms with van der Waals surface area (Å²) in [4.78, 5) is 17.8. The number of benzene rings is 1. The van der Waals surface area contributed by atoms with Gasteiger partial charge in [-0.3, -0.25) is 9.78 Å². The molecule has 0 radical (unpaired) electrons. The van der Waals surface area contributed by atoms with Crippen molar-refractivity contribution in [3.8, 4) is 17.0 Å². The van der Waals surface area contributed by atoms with Gasteiger partial charge in [-0.15, -0.1) is 10.2 Å². The summed E-state index contributed by atoms with van der Waals surface area (Å²) in [7, 11) is 3.20. The Bertz CT molecular complexity index is 1120. The molecule has 0 unspecified atom stereocenters. The molecule has 0 saturated carbocycles. The average molecular weight is 456 g/mol. The minimum Gasteiger partial charge on any atom is -0.507 e. The third kappa shape index (κ3) is 5.60. The third-order valence-electron chi connectivity index (χ3n) is 5.32. The number of alkyl halides is 1. The summed E-state index contributed by atoms with van der Waals surface area (Å²) in [6.07, 6.45) is 0.414. The molecule has 174 valence electrons. The molecular weight excluding hydrogens is 428 g/mol. The van der Waals surface area contributed by atoms with E-state index < -0.39 is 17.4 Å². The summed E-state index contributed by atoms with van der Waals surface area (Å²) < 4.78 is 28.3. The largest absolute Gasteiger partial charge is 0.507 e. The summed E-state index contributed by atoms with van der Waals surface area (Å²) in [5.74, 6) is -0.508. The number of hydrogen-bond donors (Lipinski definition) is 2. The lowest BCUT2D eigenvalue weighted by Gasteiger charge is -2.30. The molecule has 33 heavy (non-hydrogen) atoms. The maximum absolute atomic E-state index is 14.4. The molecule has 0 bridgehead atoms. The summed E-state index contributed by atoms with van der Waals surface area (Å²) in [6, 6.07) is 10.8. The van der Waals surface area contributed by atoms with Crippen molar-refractivity contribution in [3.05, 3.63) is 65.7 Å². The lowest BCUT2D eigenvalue weighted by molar-refractivity contribution is 0.0824. The van der Waals surface area contributed by atoms with Gasteiger partial charge in [0, 0.05) is 37.8 Å². The van der Waals surface area contributed by atoms with Crippen molar-refractivity contribution in [3.63, 3.8) is 0 Å². The van der Waals surface area contributed by atoms with Gasteiger partial charge in [0.25, 0.3) is 5.91 Å². The molecule has 3 rings (SSSR count). The number of halogens is 2. The molecule has 7 nitrogen and oxygen atoms in total. The first-order chi connectivity index (χ1) is 15.6. The van der Waals surface area contributed by atoms with Gasteiger partial charge in [0.05, 0.1) is 23.1 Å². The second-order valence-electron chi connectivity index (χ2n) is 8.47. The van der Waals surface area contributed by atoms with E-state index in [-0.39, 0.29) is 35.9 Å². The first kappa shape index (κ1) is 24.0. The number of amides is 1. The number of aromatic hydroxyl groups is 1. The molecule has 2 heterocycles. The number of phenolic OH excluding ortho intramolecular Hbond substituents is 1. The van der Waals surface area contributed by atoms with Crippen molar-refractivity contribution >= 4 is 11.7 Å². The van der Waals surface area contributed by atoms with Gasteiger partial charge in [0.1, 0.15) is 17.4 Å². The summed E-state index contributed by atoms with van der Waals surface area (Å²) in [5, 5.41) is 21.5. The van der Waals surface area contributed by atoms with Gasteiger partial charge in [0.15, 0.2) is 0 Å². The Morgan fingerprint density at radius 3 is 2.58 bits per heavy atom. The van der Waals surface area contributed by atoms with Crippen LogP contribution in [0, 0.1) is 5.82 Å². The molecule has 0 fully saturated rings. The minimum atomic E-state index is -1.15. The predicted molar refractivity (Wildman–Crippen MR) is 122 cm³/mol.